The quantitative estimate of drug-likeness (QED) is 0.925. The topological polar surface area (TPSA) is 35.2 Å². The molecule has 2 heteroatoms. The summed E-state index contributed by atoms with van der Waals surface area (Å²) in [6.07, 6.45) is 2.29. The van der Waals surface area contributed by atoms with E-state index in [4.69, 9.17) is 10.5 Å². The molecule has 2 aromatic carbocycles. The van der Waals surface area contributed by atoms with Crippen molar-refractivity contribution < 1.29 is 4.74 Å². The second-order valence-electron chi connectivity index (χ2n) is 5.96. The molecule has 1 fully saturated rings. The van der Waals surface area contributed by atoms with Crippen molar-refractivity contribution in [2.24, 2.45) is 11.7 Å². The number of rotatable bonds is 3. The van der Waals surface area contributed by atoms with E-state index in [9.17, 15) is 0 Å². The Morgan fingerprint density at radius 2 is 1.75 bits per heavy atom. The van der Waals surface area contributed by atoms with E-state index in [1.165, 1.54) is 17.5 Å². The molecule has 1 aliphatic carbocycles. The van der Waals surface area contributed by atoms with Crippen LogP contribution in [0.5, 0.6) is 5.75 Å². The number of hydrogen-bond donors (Lipinski definition) is 1. The molecule has 0 aromatic heterocycles. The first-order chi connectivity index (χ1) is 9.83. The molecule has 2 aromatic rings. The highest BCUT2D eigenvalue weighted by Gasteiger charge is 2.46. The largest absolute Gasteiger partial charge is 0.488 e. The molecule has 0 amide bonds. The summed E-state index contributed by atoms with van der Waals surface area (Å²) in [5, 5.41) is 0. The lowest BCUT2D eigenvalue weighted by Crippen LogP contribution is -2.40. The van der Waals surface area contributed by atoms with Crippen LogP contribution in [0.15, 0.2) is 54.6 Å². The zero-order valence-electron chi connectivity index (χ0n) is 11.4. The zero-order chi connectivity index (χ0) is 13.5. The van der Waals surface area contributed by atoms with E-state index in [2.05, 4.69) is 42.5 Å². The van der Waals surface area contributed by atoms with Crippen molar-refractivity contribution >= 4 is 0 Å². The van der Waals surface area contributed by atoms with Gasteiger partial charge in [-0.05, 0) is 35.4 Å². The average molecular weight is 265 g/mol. The minimum atomic E-state index is 0.132. The van der Waals surface area contributed by atoms with Crippen LogP contribution in [0.4, 0.5) is 0 Å². The molecule has 0 radical (unpaired) electrons. The van der Waals surface area contributed by atoms with E-state index in [1.54, 1.807) is 0 Å². The highest BCUT2D eigenvalue weighted by atomic mass is 16.5. The summed E-state index contributed by atoms with van der Waals surface area (Å²) < 4.78 is 6.03. The van der Waals surface area contributed by atoms with E-state index in [1.807, 2.05) is 12.1 Å². The molecular formula is C18H19NO. The summed E-state index contributed by atoms with van der Waals surface area (Å²) in [6, 6.07) is 19.1. The third kappa shape index (κ3) is 2.01. The first-order valence-corrected chi connectivity index (χ1v) is 7.38. The van der Waals surface area contributed by atoms with Crippen molar-refractivity contribution in [1.82, 2.24) is 0 Å². The van der Waals surface area contributed by atoms with Gasteiger partial charge in [0, 0.05) is 12.5 Å². The predicted octanol–water partition coefficient (Wildman–Crippen LogP) is 3.12. The number of ether oxygens (including phenoxy) is 1. The Balaban J connectivity index is 1.45. The Bertz CT molecular complexity index is 585. The SMILES string of the molecule is NC(C1Cc2ccccc2O1)C1CC1c1ccccc1. The molecule has 4 rings (SSSR count). The van der Waals surface area contributed by atoms with Crippen LogP contribution in [0.25, 0.3) is 0 Å². The van der Waals surface area contributed by atoms with E-state index < -0.39 is 0 Å². The maximum absolute atomic E-state index is 6.47. The van der Waals surface area contributed by atoms with Gasteiger partial charge in [-0.15, -0.1) is 0 Å². The van der Waals surface area contributed by atoms with Crippen molar-refractivity contribution in [3.05, 3.63) is 65.7 Å². The van der Waals surface area contributed by atoms with Crippen molar-refractivity contribution in [3.8, 4) is 5.75 Å². The fourth-order valence-corrected chi connectivity index (χ4v) is 3.42. The van der Waals surface area contributed by atoms with Crippen molar-refractivity contribution in [3.63, 3.8) is 0 Å². The number of fused-ring (bicyclic) bond motifs is 1. The first kappa shape index (κ1) is 12.0. The Morgan fingerprint density at radius 1 is 1.00 bits per heavy atom. The number of nitrogens with two attached hydrogens (primary N) is 1. The molecule has 102 valence electrons. The van der Waals surface area contributed by atoms with E-state index in [0.29, 0.717) is 11.8 Å². The maximum atomic E-state index is 6.47. The molecule has 0 saturated heterocycles. The average Bonchev–Trinajstić information content (AvgIpc) is 3.18. The van der Waals surface area contributed by atoms with Crippen LogP contribution < -0.4 is 10.5 Å². The van der Waals surface area contributed by atoms with E-state index in [-0.39, 0.29) is 12.1 Å². The fraction of sp³-hybridized carbons (Fsp3) is 0.333. The lowest BCUT2D eigenvalue weighted by molar-refractivity contribution is 0.186. The minimum absolute atomic E-state index is 0.132. The smallest absolute Gasteiger partial charge is 0.123 e. The van der Waals surface area contributed by atoms with Gasteiger partial charge in [0.2, 0.25) is 0 Å². The summed E-state index contributed by atoms with van der Waals surface area (Å²) >= 11 is 0. The monoisotopic (exact) mass is 265 g/mol. The first-order valence-electron chi connectivity index (χ1n) is 7.38. The van der Waals surface area contributed by atoms with Crippen LogP contribution in [0.2, 0.25) is 0 Å². The Kier molecular flexibility index (Phi) is 2.78. The number of para-hydroxylation sites is 1. The van der Waals surface area contributed by atoms with Crippen LogP contribution in [-0.2, 0) is 6.42 Å². The highest BCUT2D eigenvalue weighted by molar-refractivity contribution is 5.38. The summed E-state index contributed by atoms with van der Waals surface area (Å²) in [5.74, 6) is 2.21. The number of hydrogen-bond acceptors (Lipinski definition) is 2. The molecule has 1 saturated carbocycles. The van der Waals surface area contributed by atoms with Crippen LogP contribution in [0.3, 0.4) is 0 Å². The molecule has 4 unspecified atom stereocenters. The molecule has 4 atom stereocenters. The number of benzene rings is 2. The normalized spacial score (nSPS) is 28.6. The lowest BCUT2D eigenvalue weighted by Gasteiger charge is -2.19. The molecule has 1 heterocycles. The van der Waals surface area contributed by atoms with Gasteiger partial charge in [-0.25, -0.2) is 0 Å². The minimum Gasteiger partial charge on any atom is -0.488 e. The van der Waals surface area contributed by atoms with Crippen molar-refractivity contribution in [2.75, 3.05) is 0 Å². The lowest BCUT2D eigenvalue weighted by atomic mass is 9.98. The molecule has 2 aliphatic rings. The van der Waals surface area contributed by atoms with Gasteiger partial charge in [-0.3, -0.25) is 0 Å². The Morgan fingerprint density at radius 3 is 2.55 bits per heavy atom. The molecule has 1 aliphatic heterocycles. The molecule has 2 nitrogen and oxygen atoms in total. The summed E-state index contributed by atoms with van der Waals surface area (Å²) in [5.41, 5.74) is 9.18. The van der Waals surface area contributed by atoms with Crippen LogP contribution in [0.1, 0.15) is 23.5 Å². The Hall–Kier alpha value is -1.80. The van der Waals surface area contributed by atoms with Crippen LogP contribution >= 0.6 is 0 Å². The van der Waals surface area contributed by atoms with Crippen molar-refractivity contribution in [2.45, 2.75) is 30.9 Å². The third-order valence-electron chi connectivity index (χ3n) is 4.66. The molecule has 20 heavy (non-hydrogen) atoms. The molecule has 0 spiro atoms. The maximum Gasteiger partial charge on any atom is 0.123 e. The van der Waals surface area contributed by atoms with E-state index in [0.717, 1.165) is 12.2 Å². The highest BCUT2D eigenvalue weighted by Crippen LogP contribution is 2.50. The third-order valence-corrected chi connectivity index (χ3v) is 4.66. The fourth-order valence-electron chi connectivity index (χ4n) is 3.42. The van der Waals surface area contributed by atoms with Gasteiger partial charge in [0.15, 0.2) is 0 Å². The van der Waals surface area contributed by atoms with Gasteiger partial charge in [0.25, 0.3) is 0 Å². The van der Waals surface area contributed by atoms with Gasteiger partial charge in [0.05, 0.1) is 0 Å². The molecule has 0 bridgehead atoms. The second kappa shape index (κ2) is 4.64. The standard InChI is InChI=1S/C18H19NO/c19-18(15-11-14(15)12-6-2-1-3-7-12)17-10-13-8-4-5-9-16(13)20-17/h1-9,14-15,17-18H,10-11,19H2. The zero-order valence-corrected chi connectivity index (χ0v) is 11.4. The van der Waals surface area contributed by atoms with Crippen LogP contribution in [-0.4, -0.2) is 12.1 Å². The summed E-state index contributed by atoms with van der Waals surface area (Å²) in [6.45, 7) is 0. The predicted molar refractivity (Wildman–Crippen MR) is 79.8 cm³/mol. The summed E-state index contributed by atoms with van der Waals surface area (Å²) in [7, 11) is 0. The van der Waals surface area contributed by atoms with Gasteiger partial charge in [-0.1, -0.05) is 48.5 Å². The molecule has 2 N–H and O–H groups in total. The van der Waals surface area contributed by atoms with E-state index >= 15 is 0 Å². The molecular weight excluding hydrogens is 246 g/mol. The van der Waals surface area contributed by atoms with Crippen LogP contribution in [0, 0.1) is 5.92 Å². The van der Waals surface area contributed by atoms with Crippen molar-refractivity contribution in [1.29, 1.82) is 0 Å². The second-order valence-corrected chi connectivity index (χ2v) is 5.96. The van der Waals surface area contributed by atoms with Gasteiger partial charge in [0.1, 0.15) is 11.9 Å². The van der Waals surface area contributed by atoms with Gasteiger partial charge in [-0.2, -0.15) is 0 Å². The van der Waals surface area contributed by atoms with Gasteiger partial charge < -0.3 is 10.5 Å². The van der Waals surface area contributed by atoms with Gasteiger partial charge >= 0.3 is 0 Å². The summed E-state index contributed by atoms with van der Waals surface area (Å²) in [4.78, 5) is 0. The Labute approximate surface area is 119 Å².